The Bertz CT molecular complexity index is 1160. The van der Waals surface area contributed by atoms with Gasteiger partial charge in [-0.3, -0.25) is 24.5 Å². The maximum Gasteiger partial charge on any atom is 0.303 e. The number of unbranched alkanes of at least 4 members (excludes halogenated alkanes) is 3. The molecule has 0 aliphatic heterocycles. The number of nitro benzene ring substituents is 1. The van der Waals surface area contributed by atoms with Crippen LogP contribution in [0.4, 0.5) is 5.69 Å². The van der Waals surface area contributed by atoms with Crippen LogP contribution in [0.15, 0.2) is 54.6 Å². The third-order valence-corrected chi connectivity index (χ3v) is 6.53. The van der Waals surface area contributed by atoms with Crippen molar-refractivity contribution in [2.45, 2.75) is 51.4 Å². The Morgan fingerprint density at radius 1 is 1.08 bits per heavy atom. The third-order valence-electron chi connectivity index (χ3n) is 6.53. The van der Waals surface area contributed by atoms with Crippen molar-refractivity contribution in [2.24, 2.45) is 11.8 Å². The predicted molar refractivity (Wildman–Crippen MR) is 136 cm³/mol. The number of aliphatic carboxylic acids is 1. The molecular formula is C28H31NO8. The number of rotatable bonds is 14. The van der Waals surface area contributed by atoms with Crippen molar-refractivity contribution in [3.63, 3.8) is 0 Å². The van der Waals surface area contributed by atoms with E-state index in [-0.39, 0.29) is 41.0 Å². The summed E-state index contributed by atoms with van der Waals surface area (Å²) in [6.45, 7) is 0. The fraction of sp³-hybridized carbons (Fsp3) is 0.393. The number of ketones is 2. The van der Waals surface area contributed by atoms with Gasteiger partial charge >= 0.3 is 5.97 Å². The third kappa shape index (κ3) is 7.99. The van der Waals surface area contributed by atoms with Gasteiger partial charge in [-0.2, -0.15) is 0 Å². The number of nitro groups is 1. The highest BCUT2D eigenvalue weighted by molar-refractivity contribution is 6.07. The van der Waals surface area contributed by atoms with Gasteiger partial charge in [0.2, 0.25) is 0 Å². The Balaban J connectivity index is 1.69. The minimum absolute atomic E-state index is 0.0561. The molecule has 2 aromatic carbocycles. The lowest BCUT2D eigenvalue weighted by atomic mass is 9.89. The molecule has 1 saturated carbocycles. The van der Waals surface area contributed by atoms with Crippen molar-refractivity contribution in [3.8, 4) is 17.2 Å². The molecule has 2 aromatic rings. The number of hydrogen-bond donors (Lipinski definition) is 1. The molecule has 9 heteroatoms. The SMILES string of the molecule is COc1ccc(Oc2ccc([N+](=O)[O-])cc2C(=O)C=CC2CCC(=O)C2CCCCCCC(=O)O)cc1. The summed E-state index contributed by atoms with van der Waals surface area (Å²) in [5.41, 5.74) is -0.170. The number of carbonyl (C=O) groups excluding carboxylic acids is 2. The van der Waals surface area contributed by atoms with Crippen molar-refractivity contribution < 1.29 is 33.9 Å². The van der Waals surface area contributed by atoms with Crippen molar-refractivity contribution in [2.75, 3.05) is 7.11 Å². The van der Waals surface area contributed by atoms with Gasteiger partial charge in [0.15, 0.2) is 5.78 Å². The van der Waals surface area contributed by atoms with Gasteiger partial charge in [-0.05, 0) is 61.6 Å². The first-order chi connectivity index (χ1) is 17.8. The number of allylic oxidation sites excluding steroid dienone is 2. The molecule has 1 N–H and O–H groups in total. The fourth-order valence-corrected chi connectivity index (χ4v) is 4.52. The fourth-order valence-electron chi connectivity index (χ4n) is 4.52. The molecule has 1 aliphatic rings. The lowest BCUT2D eigenvalue weighted by molar-refractivity contribution is -0.384. The zero-order valence-electron chi connectivity index (χ0n) is 20.8. The highest BCUT2D eigenvalue weighted by Crippen LogP contribution is 2.35. The number of carboxylic acids is 1. The van der Waals surface area contributed by atoms with Gasteiger partial charge in [0.25, 0.3) is 5.69 Å². The van der Waals surface area contributed by atoms with E-state index in [1.165, 1.54) is 24.3 Å². The predicted octanol–water partition coefficient (Wildman–Crippen LogP) is 6.16. The molecule has 9 nitrogen and oxygen atoms in total. The maximum absolute atomic E-state index is 13.1. The zero-order valence-corrected chi connectivity index (χ0v) is 20.8. The van der Waals surface area contributed by atoms with E-state index in [1.54, 1.807) is 37.5 Å². The first-order valence-electron chi connectivity index (χ1n) is 12.4. The summed E-state index contributed by atoms with van der Waals surface area (Å²) in [6.07, 6.45) is 8.15. The van der Waals surface area contributed by atoms with E-state index in [2.05, 4.69) is 0 Å². The number of hydrogen-bond acceptors (Lipinski definition) is 7. The number of Topliss-reactive ketones (excluding diaryl/α,β-unsaturated/α-hetero) is 1. The smallest absolute Gasteiger partial charge is 0.303 e. The molecule has 37 heavy (non-hydrogen) atoms. The second kappa shape index (κ2) is 13.3. The molecule has 0 amide bonds. The molecule has 0 aromatic heterocycles. The quantitative estimate of drug-likeness (QED) is 0.105. The van der Waals surface area contributed by atoms with E-state index < -0.39 is 16.7 Å². The van der Waals surface area contributed by atoms with Crippen LogP contribution in [0.3, 0.4) is 0 Å². The molecule has 3 rings (SSSR count). The van der Waals surface area contributed by atoms with Gasteiger partial charge in [0.05, 0.1) is 17.6 Å². The van der Waals surface area contributed by atoms with Crippen LogP contribution in [-0.4, -0.2) is 34.7 Å². The zero-order chi connectivity index (χ0) is 26.8. The van der Waals surface area contributed by atoms with Crippen molar-refractivity contribution in [1.29, 1.82) is 0 Å². The van der Waals surface area contributed by atoms with Crippen LogP contribution in [0, 0.1) is 22.0 Å². The molecule has 0 radical (unpaired) electrons. The van der Waals surface area contributed by atoms with Crippen LogP contribution in [-0.2, 0) is 9.59 Å². The average molecular weight is 510 g/mol. The average Bonchev–Trinajstić information content (AvgIpc) is 3.24. The van der Waals surface area contributed by atoms with Gasteiger partial charge in [0.1, 0.15) is 23.0 Å². The minimum Gasteiger partial charge on any atom is -0.497 e. The van der Waals surface area contributed by atoms with E-state index in [4.69, 9.17) is 14.6 Å². The number of nitrogens with zero attached hydrogens (tertiary/aromatic N) is 1. The van der Waals surface area contributed by atoms with Crippen LogP contribution in [0.1, 0.15) is 61.7 Å². The lowest BCUT2D eigenvalue weighted by Crippen LogP contribution is -2.13. The molecule has 0 spiro atoms. The van der Waals surface area contributed by atoms with Crippen molar-refractivity contribution in [3.05, 3.63) is 70.3 Å². The first-order valence-corrected chi connectivity index (χ1v) is 12.4. The largest absolute Gasteiger partial charge is 0.497 e. The summed E-state index contributed by atoms with van der Waals surface area (Å²) >= 11 is 0. The van der Waals surface area contributed by atoms with Crippen LogP contribution in [0.25, 0.3) is 0 Å². The Hall–Kier alpha value is -4.01. The Kier molecular flexibility index (Phi) is 9.94. The van der Waals surface area contributed by atoms with Crippen LogP contribution >= 0.6 is 0 Å². The van der Waals surface area contributed by atoms with Crippen LogP contribution in [0.2, 0.25) is 0 Å². The lowest BCUT2D eigenvalue weighted by Gasteiger charge is -2.15. The maximum atomic E-state index is 13.1. The second-order valence-corrected chi connectivity index (χ2v) is 9.06. The number of benzene rings is 2. The van der Waals surface area contributed by atoms with E-state index in [1.807, 2.05) is 0 Å². The summed E-state index contributed by atoms with van der Waals surface area (Å²) in [4.78, 5) is 46.9. The monoisotopic (exact) mass is 509 g/mol. The normalized spacial score (nSPS) is 17.2. The molecule has 0 heterocycles. The molecular weight excluding hydrogens is 478 g/mol. The summed E-state index contributed by atoms with van der Waals surface area (Å²) in [7, 11) is 1.54. The summed E-state index contributed by atoms with van der Waals surface area (Å²) in [5, 5.41) is 20.0. The molecule has 1 aliphatic carbocycles. The summed E-state index contributed by atoms with van der Waals surface area (Å²) < 4.78 is 11.0. The first kappa shape index (κ1) is 27.6. The van der Waals surface area contributed by atoms with Crippen molar-refractivity contribution >= 4 is 23.2 Å². The number of non-ortho nitro benzene ring substituents is 1. The summed E-state index contributed by atoms with van der Waals surface area (Å²) in [5.74, 6) is -0.0732. The van der Waals surface area contributed by atoms with Gasteiger partial charge in [-0.15, -0.1) is 0 Å². The van der Waals surface area contributed by atoms with E-state index in [0.717, 1.165) is 19.3 Å². The number of carbonyl (C=O) groups is 3. The number of methoxy groups -OCH3 is 1. The molecule has 1 fully saturated rings. The summed E-state index contributed by atoms with van der Waals surface area (Å²) in [6, 6.07) is 10.6. The van der Waals surface area contributed by atoms with Gasteiger partial charge in [0, 0.05) is 30.9 Å². The Morgan fingerprint density at radius 3 is 2.46 bits per heavy atom. The van der Waals surface area contributed by atoms with Gasteiger partial charge < -0.3 is 14.6 Å². The highest BCUT2D eigenvalue weighted by atomic mass is 16.6. The Labute approximate surface area is 215 Å². The van der Waals surface area contributed by atoms with Crippen LogP contribution < -0.4 is 9.47 Å². The molecule has 0 saturated heterocycles. The van der Waals surface area contributed by atoms with Gasteiger partial charge in [-0.1, -0.05) is 25.3 Å². The standard InChI is InChI=1S/C28H31NO8/c1-36-21-11-13-22(14-12-21)37-27-17-10-20(29(34)35)18-24(27)26(31)16-9-19-8-15-25(30)23(19)6-4-2-3-5-7-28(32)33/h9-14,16-19,23H,2-8,15H2,1H3,(H,32,33). The Morgan fingerprint density at radius 2 is 1.78 bits per heavy atom. The molecule has 2 unspecified atom stereocenters. The second-order valence-electron chi connectivity index (χ2n) is 9.06. The van der Waals surface area contributed by atoms with Crippen LogP contribution in [0.5, 0.6) is 17.2 Å². The molecule has 0 bridgehead atoms. The molecule has 196 valence electrons. The highest BCUT2D eigenvalue weighted by Gasteiger charge is 2.32. The van der Waals surface area contributed by atoms with Gasteiger partial charge in [-0.25, -0.2) is 0 Å². The minimum atomic E-state index is -0.804. The van der Waals surface area contributed by atoms with Crippen molar-refractivity contribution in [1.82, 2.24) is 0 Å². The van der Waals surface area contributed by atoms with E-state index in [9.17, 15) is 24.5 Å². The van der Waals surface area contributed by atoms with E-state index >= 15 is 0 Å². The topological polar surface area (TPSA) is 133 Å². The number of carboxylic acid groups (broad SMARTS) is 1. The van der Waals surface area contributed by atoms with E-state index in [0.29, 0.717) is 37.2 Å². The molecule has 2 atom stereocenters. The number of ether oxygens (including phenoxy) is 2.